The summed E-state index contributed by atoms with van der Waals surface area (Å²) in [5.74, 6) is 0. The molecule has 0 spiro atoms. The van der Waals surface area contributed by atoms with Crippen molar-refractivity contribution in [1.82, 2.24) is 10.2 Å². The van der Waals surface area contributed by atoms with Gasteiger partial charge in [-0.25, -0.2) is 0 Å². The fourth-order valence-electron chi connectivity index (χ4n) is 2.09. The van der Waals surface area contributed by atoms with Crippen molar-refractivity contribution in [2.75, 3.05) is 0 Å². The number of halogens is 1. The van der Waals surface area contributed by atoms with Crippen molar-refractivity contribution in [3.05, 3.63) is 24.4 Å². The van der Waals surface area contributed by atoms with Crippen LogP contribution in [0.5, 0.6) is 0 Å². The van der Waals surface area contributed by atoms with Gasteiger partial charge >= 0.3 is 7.12 Å². The monoisotopic (exact) mass is 280 g/mol. The molecular formula is C13H18BClN2O2. The van der Waals surface area contributed by atoms with Crippen LogP contribution in [0.3, 0.4) is 0 Å². The minimum Gasteiger partial charge on any atom is -0.399 e. The standard InChI is InChI=1S/C13H17BN2O2.ClH/c1-12(2)13(3,4)18-14(17-12)10-5-6-11-9(7-10)8-15-16-11;/h5-8H,1-4H3,(H,15,16);1H. The average Bonchev–Trinajstić information content (AvgIpc) is 2.80. The Morgan fingerprint density at radius 1 is 1.11 bits per heavy atom. The van der Waals surface area contributed by atoms with E-state index < -0.39 is 0 Å². The lowest BCUT2D eigenvalue weighted by atomic mass is 9.79. The summed E-state index contributed by atoms with van der Waals surface area (Å²) in [5.41, 5.74) is 1.45. The molecule has 3 rings (SSSR count). The Labute approximate surface area is 119 Å². The molecule has 1 N–H and O–H groups in total. The molecule has 0 aliphatic carbocycles. The highest BCUT2D eigenvalue weighted by molar-refractivity contribution is 6.62. The average molecular weight is 281 g/mol. The molecule has 1 aromatic heterocycles. The van der Waals surface area contributed by atoms with Crippen molar-refractivity contribution in [3.63, 3.8) is 0 Å². The molecule has 1 fully saturated rings. The summed E-state index contributed by atoms with van der Waals surface area (Å²) in [6, 6.07) is 6.08. The molecule has 0 unspecified atom stereocenters. The number of aromatic amines is 1. The number of fused-ring (bicyclic) bond motifs is 1. The zero-order chi connectivity index (χ0) is 13.0. The van der Waals surface area contributed by atoms with E-state index in [4.69, 9.17) is 9.31 Å². The maximum Gasteiger partial charge on any atom is 0.494 e. The van der Waals surface area contributed by atoms with Gasteiger partial charge in [0.25, 0.3) is 0 Å². The first-order valence-electron chi connectivity index (χ1n) is 6.18. The fraction of sp³-hybridized carbons (Fsp3) is 0.462. The molecule has 6 heteroatoms. The second-order valence-electron chi connectivity index (χ2n) is 5.80. The van der Waals surface area contributed by atoms with E-state index in [9.17, 15) is 0 Å². The number of hydrogen-bond acceptors (Lipinski definition) is 3. The van der Waals surface area contributed by atoms with Gasteiger partial charge in [-0.15, -0.1) is 12.4 Å². The summed E-state index contributed by atoms with van der Waals surface area (Å²) in [6.07, 6.45) is 1.81. The molecule has 0 radical (unpaired) electrons. The number of hydrogen-bond donors (Lipinski definition) is 1. The van der Waals surface area contributed by atoms with Crippen molar-refractivity contribution < 1.29 is 9.31 Å². The Balaban J connectivity index is 0.00000133. The lowest BCUT2D eigenvalue weighted by molar-refractivity contribution is 0.00578. The van der Waals surface area contributed by atoms with E-state index in [-0.39, 0.29) is 30.7 Å². The zero-order valence-corrected chi connectivity index (χ0v) is 12.4. The number of nitrogens with zero attached hydrogens (tertiary/aromatic N) is 1. The first-order valence-corrected chi connectivity index (χ1v) is 6.18. The summed E-state index contributed by atoms with van der Waals surface area (Å²) >= 11 is 0. The third-order valence-corrected chi connectivity index (χ3v) is 3.99. The highest BCUT2D eigenvalue weighted by Gasteiger charge is 2.51. The first-order chi connectivity index (χ1) is 8.39. The van der Waals surface area contributed by atoms with Crippen molar-refractivity contribution >= 4 is 35.9 Å². The predicted molar refractivity (Wildman–Crippen MR) is 79.1 cm³/mol. The van der Waals surface area contributed by atoms with Crippen LogP contribution in [-0.2, 0) is 9.31 Å². The third kappa shape index (κ3) is 2.26. The smallest absolute Gasteiger partial charge is 0.399 e. The van der Waals surface area contributed by atoms with Gasteiger partial charge in [-0.1, -0.05) is 12.1 Å². The molecule has 2 heterocycles. The number of aromatic nitrogens is 2. The topological polar surface area (TPSA) is 47.1 Å². The molecule has 1 saturated heterocycles. The van der Waals surface area contributed by atoms with E-state index >= 15 is 0 Å². The van der Waals surface area contributed by atoms with Gasteiger partial charge in [-0.3, -0.25) is 5.10 Å². The number of H-pyrrole nitrogens is 1. The maximum atomic E-state index is 6.02. The summed E-state index contributed by atoms with van der Waals surface area (Å²) < 4.78 is 12.0. The molecule has 4 nitrogen and oxygen atoms in total. The molecule has 0 bridgehead atoms. The van der Waals surface area contributed by atoms with E-state index in [0.717, 1.165) is 16.4 Å². The molecule has 0 saturated carbocycles. The molecule has 1 aliphatic heterocycles. The number of rotatable bonds is 1. The maximum absolute atomic E-state index is 6.02. The second-order valence-corrected chi connectivity index (χ2v) is 5.80. The minimum absolute atomic E-state index is 0. The Kier molecular flexibility index (Phi) is 3.41. The van der Waals surface area contributed by atoms with Crippen LogP contribution in [0.2, 0.25) is 0 Å². The van der Waals surface area contributed by atoms with E-state index in [0.29, 0.717) is 0 Å². The van der Waals surface area contributed by atoms with Crippen LogP contribution in [-0.4, -0.2) is 28.5 Å². The van der Waals surface area contributed by atoms with E-state index in [2.05, 4.69) is 44.0 Å². The molecule has 102 valence electrons. The number of benzene rings is 1. The fourth-order valence-corrected chi connectivity index (χ4v) is 2.09. The Bertz CT molecular complexity index is 581. The normalized spacial score (nSPS) is 20.5. The summed E-state index contributed by atoms with van der Waals surface area (Å²) in [5, 5.41) is 8.03. The molecular weight excluding hydrogens is 262 g/mol. The third-order valence-electron chi connectivity index (χ3n) is 3.99. The van der Waals surface area contributed by atoms with Gasteiger partial charge < -0.3 is 9.31 Å². The molecule has 2 aromatic rings. The summed E-state index contributed by atoms with van der Waals surface area (Å²) in [7, 11) is -0.311. The summed E-state index contributed by atoms with van der Waals surface area (Å²) in [6.45, 7) is 8.24. The zero-order valence-electron chi connectivity index (χ0n) is 11.6. The van der Waals surface area contributed by atoms with Crippen molar-refractivity contribution in [3.8, 4) is 0 Å². The quantitative estimate of drug-likeness (QED) is 0.815. The molecule has 1 aromatic carbocycles. The first kappa shape index (κ1) is 14.4. The van der Waals surface area contributed by atoms with E-state index in [1.54, 1.807) is 0 Å². The van der Waals surface area contributed by atoms with Crippen LogP contribution >= 0.6 is 12.4 Å². The molecule has 0 amide bonds. The highest BCUT2D eigenvalue weighted by Crippen LogP contribution is 2.36. The van der Waals surface area contributed by atoms with Crippen LogP contribution in [0.1, 0.15) is 27.7 Å². The van der Waals surface area contributed by atoms with Crippen LogP contribution in [0.4, 0.5) is 0 Å². The molecule has 19 heavy (non-hydrogen) atoms. The predicted octanol–water partition coefficient (Wildman–Crippen LogP) is 2.28. The van der Waals surface area contributed by atoms with E-state index in [1.165, 1.54) is 0 Å². The lowest BCUT2D eigenvalue weighted by Gasteiger charge is -2.32. The van der Waals surface area contributed by atoms with Crippen molar-refractivity contribution in [2.45, 2.75) is 38.9 Å². The van der Waals surface area contributed by atoms with Crippen LogP contribution in [0.15, 0.2) is 24.4 Å². The molecule has 1 aliphatic rings. The molecule has 0 atom stereocenters. The summed E-state index contributed by atoms with van der Waals surface area (Å²) in [4.78, 5) is 0. The van der Waals surface area contributed by atoms with Gasteiger partial charge in [0, 0.05) is 5.39 Å². The van der Waals surface area contributed by atoms with Gasteiger partial charge in [0.05, 0.1) is 22.9 Å². The van der Waals surface area contributed by atoms with Gasteiger partial charge in [0.1, 0.15) is 0 Å². The van der Waals surface area contributed by atoms with Gasteiger partial charge in [-0.05, 0) is 39.2 Å². The van der Waals surface area contributed by atoms with Crippen LogP contribution < -0.4 is 5.46 Å². The number of nitrogens with one attached hydrogen (secondary N) is 1. The van der Waals surface area contributed by atoms with Gasteiger partial charge in [-0.2, -0.15) is 5.10 Å². The lowest BCUT2D eigenvalue weighted by Crippen LogP contribution is -2.41. The Hall–Kier alpha value is -1.04. The Morgan fingerprint density at radius 2 is 1.74 bits per heavy atom. The van der Waals surface area contributed by atoms with E-state index in [1.807, 2.05) is 18.3 Å². The second kappa shape index (κ2) is 4.51. The minimum atomic E-state index is -0.311. The SMILES string of the molecule is CC1(C)OB(c2ccc3[nH]ncc3c2)OC1(C)C.Cl. The van der Waals surface area contributed by atoms with Crippen LogP contribution in [0, 0.1) is 0 Å². The highest BCUT2D eigenvalue weighted by atomic mass is 35.5. The van der Waals surface area contributed by atoms with Gasteiger partial charge in [0.2, 0.25) is 0 Å². The van der Waals surface area contributed by atoms with Gasteiger partial charge in [0.15, 0.2) is 0 Å². The Morgan fingerprint density at radius 3 is 2.37 bits per heavy atom. The van der Waals surface area contributed by atoms with Crippen LogP contribution in [0.25, 0.3) is 10.9 Å². The largest absolute Gasteiger partial charge is 0.494 e. The van der Waals surface area contributed by atoms with Crippen molar-refractivity contribution in [1.29, 1.82) is 0 Å². The van der Waals surface area contributed by atoms with Crippen molar-refractivity contribution in [2.24, 2.45) is 0 Å².